The van der Waals surface area contributed by atoms with Crippen molar-refractivity contribution in [1.82, 2.24) is 0 Å². The molecular formula is C11H12O4. The van der Waals surface area contributed by atoms with Gasteiger partial charge in [0.25, 0.3) is 0 Å². The zero-order valence-corrected chi connectivity index (χ0v) is 8.14. The summed E-state index contributed by atoms with van der Waals surface area (Å²) in [5.74, 6) is -0.227. The van der Waals surface area contributed by atoms with E-state index in [2.05, 4.69) is 0 Å². The highest BCUT2D eigenvalue weighted by Crippen LogP contribution is 2.31. The summed E-state index contributed by atoms with van der Waals surface area (Å²) in [5, 5.41) is 18.1. The molecule has 1 aromatic carbocycles. The Labute approximate surface area is 87.1 Å². The second-order valence-electron chi connectivity index (χ2n) is 3.74. The van der Waals surface area contributed by atoms with Gasteiger partial charge in [0.1, 0.15) is 17.1 Å². The van der Waals surface area contributed by atoms with Crippen LogP contribution in [0.5, 0.6) is 11.5 Å². The van der Waals surface area contributed by atoms with Crippen LogP contribution >= 0.6 is 0 Å². The van der Waals surface area contributed by atoms with Crippen LogP contribution in [0.15, 0.2) is 18.2 Å². The maximum atomic E-state index is 10.8. The molecule has 1 saturated carbocycles. The lowest BCUT2D eigenvalue weighted by Crippen LogP contribution is -2.05. The van der Waals surface area contributed by atoms with E-state index in [1.165, 1.54) is 18.2 Å². The average Bonchev–Trinajstić information content (AvgIpc) is 2.97. The Morgan fingerprint density at radius 2 is 2.20 bits per heavy atom. The van der Waals surface area contributed by atoms with Gasteiger partial charge in [-0.3, -0.25) is 0 Å². The standard InChI is InChI=1S/C11H12O4/c12-8-3-4-9(11(13)14)10(5-8)15-6-7-1-2-7/h3-5,7,12H,1-2,6H2,(H,13,14). The first-order valence-corrected chi connectivity index (χ1v) is 4.86. The predicted octanol–water partition coefficient (Wildman–Crippen LogP) is 1.88. The van der Waals surface area contributed by atoms with Crippen molar-refractivity contribution in [1.29, 1.82) is 0 Å². The maximum absolute atomic E-state index is 10.8. The molecule has 1 aliphatic rings. The van der Waals surface area contributed by atoms with Gasteiger partial charge in [0, 0.05) is 6.07 Å². The van der Waals surface area contributed by atoms with E-state index >= 15 is 0 Å². The number of aromatic carboxylic acids is 1. The summed E-state index contributed by atoms with van der Waals surface area (Å²) in [6.07, 6.45) is 2.28. The largest absolute Gasteiger partial charge is 0.508 e. The average molecular weight is 208 g/mol. The van der Waals surface area contributed by atoms with Crippen molar-refractivity contribution in [2.75, 3.05) is 6.61 Å². The topological polar surface area (TPSA) is 66.8 Å². The molecule has 0 spiro atoms. The first-order valence-electron chi connectivity index (χ1n) is 4.86. The van der Waals surface area contributed by atoms with Crippen LogP contribution in [0.3, 0.4) is 0 Å². The minimum Gasteiger partial charge on any atom is -0.508 e. The number of aromatic hydroxyl groups is 1. The van der Waals surface area contributed by atoms with Gasteiger partial charge in [-0.25, -0.2) is 4.79 Å². The van der Waals surface area contributed by atoms with Gasteiger partial charge in [-0.1, -0.05) is 0 Å². The van der Waals surface area contributed by atoms with Crippen molar-refractivity contribution in [3.63, 3.8) is 0 Å². The van der Waals surface area contributed by atoms with E-state index in [1.54, 1.807) is 0 Å². The van der Waals surface area contributed by atoms with Crippen molar-refractivity contribution in [3.8, 4) is 11.5 Å². The molecule has 15 heavy (non-hydrogen) atoms. The van der Waals surface area contributed by atoms with Crippen molar-refractivity contribution in [3.05, 3.63) is 23.8 Å². The first-order chi connectivity index (χ1) is 7.16. The van der Waals surface area contributed by atoms with E-state index in [0.29, 0.717) is 12.5 Å². The summed E-state index contributed by atoms with van der Waals surface area (Å²) >= 11 is 0. The molecule has 0 radical (unpaired) electrons. The van der Waals surface area contributed by atoms with Crippen LogP contribution in [0, 0.1) is 5.92 Å². The quantitative estimate of drug-likeness (QED) is 0.792. The minimum atomic E-state index is -1.04. The molecule has 0 atom stereocenters. The molecule has 0 amide bonds. The Morgan fingerprint density at radius 3 is 2.80 bits per heavy atom. The van der Waals surface area contributed by atoms with Gasteiger partial charge in [0.2, 0.25) is 0 Å². The Kier molecular flexibility index (Phi) is 2.49. The summed E-state index contributed by atoms with van der Waals surface area (Å²) in [5.41, 5.74) is 0.0912. The number of benzene rings is 1. The molecule has 4 heteroatoms. The molecule has 0 aromatic heterocycles. The molecule has 4 nitrogen and oxygen atoms in total. The van der Waals surface area contributed by atoms with E-state index in [0.717, 1.165) is 12.8 Å². The monoisotopic (exact) mass is 208 g/mol. The highest BCUT2D eigenvalue weighted by atomic mass is 16.5. The zero-order valence-electron chi connectivity index (χ0n) is 8.14. The van der Waals surface area contributed by atoms with Crippen LogP contribution < -0.4 is 4.74 Å². The summed E-state index contributed by atoms with van der Waals surface area (Å²) < 4.78 is 5.36. The lowest BCUT2D eigenvalue weighted by Gasteiger charge is -2.08. The molecule has 2 N–H and O–H groups in total. The van der Waals surface area contributed by atoms with Crippen LogP contribution in [-0.2, 0) is 0 Å². The van der Waals surface area contributed by atoms with Gasteiger partial charge >= 0.3 is 5.97 Å². The number of hydrogen-bond donors (Lipinski definition) is 2. The van der Waals surface area contributed by atoms with Gasteiger partial charge in [0.05, 0.1) is 6.61 Å². The molecule has 2 rings (SSSR count). The number of hydrogen-bond acceptors (Lipinski definition) is 3. The fourth-order valence-corrected chi connectivity index (χ4v) is 1.30. The number of phenolic OH excluding ortho intramolecular Hbond substituents is 1. The van der Waals surface area contributed by atoms with Gasteiger partial charge in [-0.05, 0) is 30.9 Å². The number of phenols is 1. The molecule has 1 fully saturated rings. The van der Waals surface area contributed by atoms with Crippen LogP contribution in [-0.4, -0.2) is 22.8 Å². The van der Waals surface area contributed by atoms with E-state index < -0.39 is 5.97 Å². The Morgan fingerprint density at radius 1 is 1.47 bits per heavy atom. The minimum absolute atomic E-state index is 0.0193. The van der Waals surface area contributed by atoms with Gasteiger partial charge in [0.15, 0.2) is 0 Å². The summed E-state index contributed by atoms with van der Waals surface area (Å²) in [6, 6.07) is 4.03. The second-order valence-corrected chi connectivity index (χ2v) is 3.74. The van der Waals surface area contributed by atoms with Crippen molar-refractivity contribution in [2.45, 2.75) is 12.8 Å². The van der Waals surface area contributed by atoms with Gasteiger partial charge in [-0.2, -0.15) is 0 Å². The van der Waals surface area contributed by atoms with E-state index in [-0.39, 0.29) is 17.1 Å². The summed E-state index contributed by atoms with van der Waals surface area (Å²) in [4.78, 5) is 10.8. The summed E-state index contributed by atoms with van der Waals surface area (Å²) in [7, 11) is 0. The lowest BCUT2D eigenvalue weighted by atomic mass is 10.2. The number of rotatable bonds is 4. The predicted molar refractivity (Wildman–Crippen MR) is 53.3 cm³/mol. The Balaban J connectivity index is 2.16. The smallest absolute Gasteiger partial charge is 0.339 e. The number of carboxylic acids is 1. The highest BCUT2D eigenvalue weighted by molar-refractivity contribution is 5.91. The summed E-state index contributed by atoms with van der Waals surface area (Å²) in [6.45, 7) is 0.531. The van der Waals surface area contributed by atoms with Crippen LogP contribution in [0.4, 0.5) is 0 Å². The molecule has 1 aromatic rings. The fourth-order valence-electron chi connectivity index (χ4n) is 1.30. The first kappa shape index (κ1) is 9.83. The third-order valence-electron chi connectivity index (χ3n) is 2.37. The zero-order chi connectivity index (χ0) is 10.8. The lowest BCUT2D eigenvalue weighted by molar-refractivity contribution is 0.0692. The molecule has 1 aliphatic carbocycles. The molecule has 0 aliphatic heterocycles. The maximum Gasteiger partial charge on any atom is 0.339 e. The molecular weight excluding hydrogens is 196 g/mol. The number of carbonyl (C=O) groups is 1. The van der Waals surface area contributed by atoms with Gasteiger partial charge in [-0.15, -0.1) is 0 Å². The third-order valence-corrected chi connectivity index (χ3v) is 2.37. The Hall–Kier alpha value is -1.71. The van der Waals surface area contributed by atoms with Crippen molar-refractivity contribution < 1.29 is 19.7 Å². The number of carboxylic acid groups (broad SMARTS) is 1. The van der Waals surface area contributed by atoms with E-state index in [1.807, 2.05) is 0 Å². The molecule has 0 bridgehead atoms. The van der Waals surface area contributed by atoms with E-state index in [9.17, 15) is 9.90 Å². The molecule has 0 heterocycles. The molecule has 0 saturated heterocycles. The number of ether oxygens (including phenoxy) is 1. The third kappa shape index (κ3) is 2.40. The van der Waals surface area contributed by atoms with Crippen LogP contribution in [0.2, 0.25) is 0 Å². The molecule has 80 valence electrons. The SMILES string of the molecule is O=C(O)c1ccc(O)cc1OCC1CC1. The van der Waals surface area contributed by atoms with Crippen molar-refractivity contribution >= 4 is 5.97 Å². The van der Waals surface area contributed by atoms with Crippen LogP contribution in [0.1, 0.15) is 23.2 Å². The Bertz CT molecular complexity index is 382. The van der Waals surface area contributed by atoms with E-state index in [4.69, 9.17) is 9.84 Å². The van der Waals surface area contributed by atoms with Crippen molar-refractivity contribution in [2.24, 2.45) is 5.92 Å². The highest BCUT2D eigenvalue weighted by Gasteiger charge is 2.23. The second kappa shape index (κ2) is 3.81. The fraction of sp³-hybridized carbons (Fsp3) is 0.364. The molecule has 0 unspecified atom stereocenters. The van der Waals surface area contributed by atoms with Gasteiger partial charge < -0.3 is 14.9 Å². The van der Waals surface area contributed by atoms with Crippen LogP contribution in [0.25, 0.3) is 0 Å². The normalized spacial score (nSPS) is 14.9.